The van der Waals surface area contributed by atoms with Gasteiger partial charge in [-0.2, -0.15) is 0 Å². The van der Waals surface area contributed by atoms with E-state index < -0.39 is 0 Å². The Hall–Kier alpha value is -1.42. The van der Waals surface area contributed by atoms with Gasteiger partial charge in [0, 0.05) is 5.02 Å². The summed E-state index contributed by atoms with van der Waals surface area (Å²) in [5.74, 6) is 5.28. The largest absolute Gasteiger partial charge is 0.271 e. The van der Waals surface area contributed by atoms with E-state index in [1.165, 1.54) is 6.07 Å². The Bertz CT molecular complexity index is 572. The lowest BCUT2D eigenvalue weighted by molar-refractivity contribution is 0.529. The third kappa shape index (κ3) is 3.53. The highest BCUT2D eigenvalue weighted by atomic mass is 35.5. The smallest absolute Gasteiger partial charge is 0.127 e. The van der Waals surface area contributed by atoms with Crippen molar-refractivity contribution in [2.24, 2.45) is 5.84 Å². The van der Waals surface area contributed by atoms with Crippen LogP contribution in [0.15, 0.2) is 42.5 Å². The molecule has 19 heavy (non-hydrogen) atoms. The fourth-order valence-electron chi connectivity index (χ4n) is 2.07. The van der Waals surface area contributed by atoms with Gasteiger partial charge in [-0.15, -0.1) is 0 Å². The summed E-state index contributed by atoms with van der Waals surface area (Å²) in [7, 11) is 0. The van der Waals surface area contributed by atoms with Crippen LogP contribution in [0.1, 0.15) is 22.7 Å². The molecule has 2 aromatic carbocycles. The molecule has 0 aliphatic rings. The Morgan fingerprint density at radius 1 is 1.26 bits per heavy atom. The minimum atomic E-state index is -0.305. The molecule has 0 heterocycles. The zero-order valence-corrected chi connectivity index (χ0v) is 11.4. The van der Waals surface area contributed by atoms with Gasteiger partial charge in [0.25, 0.3) is 0 Å². The summed E-state index contributed by atoms with van der Waals surface area (Å²) in [6, 6.07) is 12.6. The van der Waals surface area contributed by atoms with Crippen LogP contribution < -0.4 is 11.3 Å². The number of aryl methyl sites for hydroxylation is 1. The summed E-state index contributed by atoms with van der Waals surface area (Å²) in [5.41, 5.74) is 5.51. The molecule has 0 aliphatic heterocycles. The van der Waals surface area contributed by atoms with Crippen molar-refractivity contribution < 1.29 is 4.39 Å². The van der Waals surface area contributed by atoms with Crippen molar-refractivity contribution in [2.75, 3.05) is 0 Å². The minimum Gasteiger partial charge on any atom is -0.271 e. The van der Waals surface area contributed by atoms with E-state index >= 15 is 0 Å². The fraction of sp³-hybridized carbons (Fsp3) is 0.200. The lowest BCUT2D eigenvalue weighted by Crippen LogP contribution is -2.29. The van der Waals surface area contributed by atoms with Gasteiger partial charge in [0.15, 0.2) is 0 Å². The Morgan fingerprint density at radius 2 is 2.05 bits per heavy atom. The molecule has 0 saturated heterocycles. The van der Waals surface area contributed by atoms with Crippen molar-refractivity contribution in [1.29, 1.82) is 0 Å². The molecule has 4 heteroatoms. The van der Waals surface area contributed by atoms with E-state index in [0.717, 1.165) is 11.1 Å². The maximum Gasteiger partial charge on any atom is 0.127 e. The van der Waals surface area contributed by atoms with Gasteiger partial charge in [0.1, 0.15) is 5.82 Å². The number of benzene rings is 2. The summed E-state index contributed by atoms with van der Waals surface area (Å²) in [6.45, 7) is 2.01. The zero-order chi connectivity index (χ0) is 13.8. The highest BCUT2D eigenvalue weighted by Gasteiger charge is 2.13. The molecular weight excluding hydrogens is 263 g/mol. The SMILES string of the molecule is Cc1cccc(C(Cc2ccc(Cl)cc2F)NN)c1. The first-order chi connectivity index (χ1) is 9.10. The Balaban J connectivity index is 2.24. The van der Waals surface area contributed by atoms with Crippen molar-refractivity contribution in [1.82, 2.24) is 5.43 Å². The van der Waals surface area contributed by atoms with Gasteiger partial charge in [0.05, 0.1) is 6.04 Å². The number of halogens is 2. The molecule has 1 atom stereocenters. The molecule has 2 aromatic rings. The van der Waals surface area contributed by atoms with E-state index in [0.29, 0.717) is 17.0 Å². The first kappa shape index (κ1) is 14.0. The molecule has 0 amide bonds. The van der Waals surface area contributed by atoms with Gasteiger partial charge in [-0.3, -0.25) is 11.3 Å². The topological polar surface area (TPSA) is 38.0 Å². The number of nitrogens with one attached hydrogen (secondary N) is 1. The number of hydrogen-bond donors (Lipinski definition) is 2. The number of nitrogens with two attached hydrogens (primary N) is 1. The van der Waals surface area contributed by atoms with Crippen LogP contribution in [0.3, 0.4) is 0 Å². The average molecular weight is 279 g/mol. The maximum atomic E-state index is 13.8. The van der Waals surface area contributed by atoms with Gasteiger partial charge in [-0.05, 0) is 36.6 Å². The summed E-state index contributed by atoms with van der Waals surface area (Å²) in [5, 5.41) is 0.397. The van der Waals surface area contributed by atoms with E-state index in [1.807, 2.05) is 31.2 Å². The molecule has 0 radical (unpaired) electrons. The molecule has 3 N–H and O–H groups in total. The second kappa shape index (κ2) is 6.15. The van der Waals surface area contributed by atoms with Crippen molar-refractivity contribution in [3.05, 3.63) is 70.0 Å². The van der Waals surface area contributed by atoms with Crippen LogP contribution in [0.5, 0.6) is 0 Å². The van der Waals surface area contributed by atoms with Gasteiger partial charge < -0.3 is 0 Å². The maximum absolute atomic E-state index is 13.8. The van der Waals surface area contributed by atoms with E-state index in [9.17, 15) is 4.39 Å². The highest BCUT2D eigenvalue weighted by molar-refractivity contribution is 6.30. The summed E-state index contributed by atoms with van der Waals surface area (Å²) in [4.78, 5) is 0. The second-order valence-corrected chi connectivity index (χ2v) is 5.01. The van der Waals surface area contributed by atoms with Crippen LogP contribution in [0.4, 0.5) is 4.39 Å². The van der Waals surface area contributed by atoms with Gasteiger partial charge >= 0.3 is 0 Å². The Morgan fingerprint density at radius 3 is 2.68 bits per heavy atom. The lowest BCUT2D eigenvalue weighted by Gasteiger charge is -2.17. The van der Waals surface area contributed by atoms with Crippen LogP contribution >= 0.6 is 11.6 Å². The lowest BCUT2D eigenvalue weighted by atomic mass is 9.98. The van der Waals surface area contributed by atoms with Crippen LogP contribution in [0.2, 0.25) is 5.02 Å². The predicted octanol–water partition coefficient (Wildman–Crippen LogP) is 3.53. The minimum absolute atomic E-state index is 0.129. The molecule has 1 unspecified atom stereocenters. The van der Waals surface area contributed by atoms with Crippen molar-refractivity contribution in [3.63, 3.8) is 0 Å². The number of hydrazine groups is 1. The number of rotatable bonds is 4. The number of hydrogen-bond acceptors (Lipinski definition) is 2. The summed E-state index contributed by atoms with van der Waals surface area (Å²) >= 11 is 5.74. The second-order valence-electron chi connectivity index (χ2n) is 4.57. The van der Waals surface area contributed by atoms with E-state index in [2.05, 4.69) is 5.43 Å². The molecule has 100 valence electrons. The molecule has 2 nitrogen and oxygen atoms in total. The van der Waals surface area contributed by atoms with Crippen molar-refractivity contribution >= 4 is 11.6 Å². The van der Waals surface area contributed by atoms with E-state index in [1.54, 1.807) is 12.1 Å². The van der Waals surface area contributed by atoms with Gasteiger partial charge in [-0.1, -0.05) is 47.5 Å². The normalized spacial score (nSPS) is 12.4. The van der Waals surface area contributed by atoms with Crippen LogP contribution in [-0.4, -0.2) is 0 Å². The van der Waals surface area contributed by atoms with E-state index in [4.69, 9.17) is 17.4 Å². The molecule has 0 bridgehead atoms. The molecular formula is C15H16ClFN2. The van der Waals surface area contributed by atoms with Crippen LogP contribution in [0.25, 0.3) is 0 Å². The van der Waals surface area contributed by atoms with Crippen LogP contribution in [0, 0.1) is 12.7 Å². The highest BCUT2D eigenvalue weighted by Crippen LogP contribution is 2.22. The summed E-state index contributed by atoms with van der Waals surface area (Å²) < 4.78 is 13.8. The van der Waals surface area contributed by atoms with Crippen molar-refractivity contribution in [2.45, 2.75) is 19.4 Å². The van der Waals surface area contributed by atoms with Crippen LogP contribution in [-0.2, 0) is 6.42 Å². The molecule has 0 aliphatic carbocycles. The monoisotopic (exact) mass is 278 g/mol. The Kier molecular flexibility index (Phi) is 4.53. The third-order valence-electron chi connectivity index (χ3n) is 3.08. The average Bonchev–Trinajstić information content (AvgIpc) is 2.38. The molecule has 0 spiro atoms. The molecule has 2 rings (SSSR count). The van der Waals surface area contributed by atoms with Crippen molar-refractivity contribution in [3.8, 4) is 0 Å². The van der Waals surface area contributed by atoms with E-state index in [-0.39, 0.29) is 11.9 Å². The quantitative estimate of drug-likeness (QED) is 0.663. The molecule has 0 saturated carbocycles. The van der Waals surface area contributed by atoms with Gasteiger partial charge in [0.2, 0.25) is 0 Å². The molecule has 0 fully saturated rings. The first-order valence-corrected chi connectivity index (χ1v) is 6.44. The Labute approximate surface area is 117 Å². The first-order valence-electron chi connectivity index (χ1n) is 6.07. The summed E-state index contributed by atoms with van der Waals surface area (Å²) in [6.07, 6.45) is 0.475. The standard InChI is InChI=1S/C15H16ClFN2/c1-10-3-2-4-12(7-10)15(19-18)8-11-5-6-13(16)9-14(11)17/h2-7,9,15,19H,8,18H2,1H3. The third-order valence-corrected chi connectivity index (χ3v) is 3.32. The zero-order valence-electron chi connectivity index (χ0n) is 10.7. The predicted molar refractivity (Wildman–Crippen MR) is 76.4 cm³/mol. The fourth-order valence-corrected chi connectivity index (χ4v) is 2.23. The van der Waals surface area contributed by atoms with Gasteiger partial charge in [-0.25, -0.2) is 4.39 Å². The molecule has 0 aromatic heterocycles.